The Labute approximate surface area is 117 Å². The zero-order chi connectivity index (χ0) is 13.1. The molecule has 3 nitrogen and oxygen atoms in total. The number of benzene rings is 1. The predicted octanol–water partition coefficient (Wildman–Crippen LogP) is 3.29. The fourth-order valence-electron chi connectivity index (χ4n) is 2.62. The molecule has 1 fully saturated rings. The molecule has 1 N–H and O–H groups in total. The van der Waals surface area contributed by atoms with E-state index >= 15 is 0 Å². The van der Waals surface area contributed by atoms with Crippen LogP contribution in [0.4, 0.5) is 0 Å². The summed E-state index contributed by atoms with van der Waals surface area (Å²) in [6.07, 6.45) is 3.50. The van der Waals surface area contributed by atoms with Crippen molar-refractivity contribution >= 4 is 11.3 Å². The van der Waals surface area contributed by atoms with Crippen LogP contribution in [0.25, 0.3) is 11.3 Å². The molecule has 0 unspecified atom stereocenters. The topological polar surface area (TPSA) is 36.4 Å². The molecule has 1 atom stereocenters. The molecule has 100 valence electrons. The lowest BCUT2D eigenvalue weighted by Gasteiger charge is -2.32. The van der Waals surface area contributed by atoms with E-state index in [-0.39, 0.29) is 6.73 Å². The van der Waals surface area contributed by atoms with Gasteiger partial charge in [0.15, 0.2) is 0 Å². The summed E-state index contributed by atoms with van der Waals surface area (Å²) >= 11 is 1.71. The van der Waals surface area contributed by atoms with Gasteiger partial charge in [-0.1, -0.05) is 36.8 Å². The lowest BCUT2D eigenvalue weighted by Crippen LogP contribution is -2.33. The van der Waals surface area contributed by atoms with Crippen molar-refractivity contribution in [3.8, 4) is 11.3 Å². The molecule has 2 aromatic rings. The maximum absolute atomic E-state index is 9.45. The van der Waals surface area contributed by atoms with Crippen LogP contribution in [0, 0.1) is 0 Å². The van der Waals surface area contributed by atoms with Crippen molar-refractivity contribution in [3.63, 3.8) is 0 Å². The minimum atomic E-state index is 0.130. The average Bonchev–Trinajstić information content (AvgIpc) is 2.98. The molecule has 1 aliphatic rings. The van der Waals surface area contributed by atoms with Gasteiger partial charge in [0.1, 0.15) is 5.01 Å². The van der Waals surface area contributed by atoms with Gasteiger partial charge in [0, 0.05) is 17.5 Å². The minimum Gasteiger partial charge on any atom is -0.381 e. The molecule has 0 bridgehead atoms. The van der Waals surface area contributed by atoms with Gasteiger partial charge in [-0.05, 0) is 12.8 Å². The molecule has 1 saturated heterocycles. The van der Waals surface area contributed by atoms with E-state index in [4.69, 9.17) is 4.98 Å². The number of hydrogen-bond donors (Lipinski definition) is 1. The van der Waals surface area contributed by atoms with Crippen molar-refractivity contribution in [2.75, 3.05) is 13.3 Å². The molecule has 0 spiro atoms. The highest BCUT2D eigenvalue weighted by atomic mass is 32.1. The van der Waals surface area contributed by atoms with E-state index in [1.54, 1.807) is 11.3 Å². The highest BCUT2D eigenvalue weighted by Gasteiger charge is 2.25. The second-order valence-electron chi connectivity index (χ2n) is 4.90. The number of aromatic nitrogens is 1. The Hall–Kier alpha value is -1.23. The summed E-state index contributed by atoms with van der Waals surface area (Å²) < 4.78 is 0. The van der Waals surface area contributed by atoms with Gasteiger partial charge in [0.25, 0.3) is 0 Å². The molecule has 0 radical (unpaired) electrons. The van der Waals surface area contributed by atoms with E-state index in [1.807, 2.05) is 18.2 Å². The highest BCUT2D eigenvalue weighted by Crippen LogP contribution is 2.34. The number of thiazole rings is 1. The van der Waals surface area contributed by atoms with Gasteiger partial charge in [-0.15, -0.1) is 11.3 Å². The number of piperidine rings is 1. The van der Waals surface area contributed by atoms with Crippen molar-refractivity contribution in [1.29, 1.82) is 0 Å². The van der Waals surface area contributed by atoms with E-state index in [9.17, 15) is 5.11 Å². The van der Waals surface area contributed by atoms with E-state index in [1.165, 1.54) is 12.8 Å². The maximum atomic E-state index is 9.45. The van der Waals surface area contributed by atoms with Crippen molar-refractivity contribution in [1.82, 2.24) is 9.88 Å². The summed E-state index contributed by atoms with van der Waals surface area (Å²) in [5.41, 5.74) is 2.21. The predicted molar refractivity (Wildman–Crippen MR) is 77.9 cm³/mol. The van der Waals surface area contributed by atoms with Gasteiger partial charge in [-0.3, -0.25) is 4.90 Å². The molecule has 1 aromatic carbocycles. The molecule has 0 saturated carbocycles. The van der Waals surface area contributed by atoms with Crippen LogP contribution in [0.5, 0.6) is 0 Å². The van der Waals surface area contributed by atoms with Gasteiger partial charge in [0.2, 0.25) is 0 Å². The first-order chi connectivity index (χ1) is 9.38. The van der Waals surface area contributed by atoms with Crippen LogP contribution in [0.1, 0.15) is 30.3 Å². The summed E-state index contributed by atoms with van der Waals surface area (Å²) in [5.74, 6) is 0. The SMILES string of the molecule is OCN1CCCC[C@@H]1c1nc(-c2ccccc2)cs1. The van der Waals surface area contributed by atoms with Crippen LogP contribution in [-0.4, -0.2) is 28.3 Å². The fourth-order valence-corrected chi connectivity index (χ4v) is 3.62. The lowest BCUT2D eigenvalue weighted by molar-refractivity contribution is 0.0435. The van der Waals surface area contributed by atoms with Crippen LogP contribution >= 0.6 is 11.3 Å². The van der Waals surface area contributed by atoms with E-state index in [0.717, 1.165) is 29.2 Å². The Balaban J connectivity index is 1.84. The van der Waals surface area contributed by atoms with Crippen molar-refractivity contribution in [3.05, 3.63) is 40.7 Å². The molecule has 0 aliphatic carbocycles. The summed E-state index contributed by atoms with van der Waals surface area (Å²) in [4.78, 5) is 6.89. The number of aliphatic hydroxyl groups is 1. The minimum absolute atomic E-state index is 0.130. The Kier molecular flexibility index (Phi) is 3.92. The Morgan fingerprint density at radius 1 is 1.26 bits per heavy atom. The standard InChI is InChI=1S/C15H18N2OS/c18-11-17-9-5-4-8-14(17)15-16-13(10-19-15)12-6-2-1-3-7-12/h1-3,6-7,10,14,18H,4-5,8-9,11H2/t14-/m1/s1. The Morgan fingerprint density at radius 3 is 2.89 bits per heavy atom. The van der Waals surface area contributed by atoms with Crippen molar-refractivity contribution in [2.45, 2.75) is 25.3 Å². The third-order valence-electron chi connectivity index (χ3n) is 3.67. The van der Waals surface area contributed by atoms with E-state index in [2.05, 4.69) is 22.4 Å². The zero-order valence-electron chi connectivity index (χ0n) is 10.8. The first kappa shape index (κ1) is 12.8. The molecule has 2 heterocycles. The van der Waals surface area contributed by atoms with E-state index in [0.29, 0.717) is 6.04 Å². The summed E-state index contributed by atoms with van der Waals surface area (Å²) in [7, 11) is 0. The lowest BCUT2D eigenvalue weighted by atomic mass is 10.0. The Bertz CT molecular complexity index is 526. The first-order valence-electron chi connectivity index (χ1n) is 6.74. The smallest absolute Gasteiger partial charge is 0.111 e. The molecule has 3 rings (SSSR count). The molecule has 19 heavy (non-hydrogen) atoms. The normalized spacial score (nSPS) is 20.6. The molecule has 1 aliphatic heterocycles. The number of likely N-dealkylation sites (tertiary alicyclic amines) is 1. The van der Waals surface area contributed by atoms with Crippen LogP contribution < -0.4 is 0 Å². The molecule has 1 aromatic heterocycles. The number of rotatable bonds is 3. The Morgan fingerprint density at radius 2 is 2.11 bits per heavy atom. The zero-order valence-corrected chi connectivity index (χ0v) is 11.6. The average molecular weight is 274 g/mol. The van der Waals surface area contributed by atoms with Crippen LogP contribution in [-0.2, 0) is 0 Å². The van der Waals surface area contributed by atoms with E-state index < -0.39 is 0 Å². The third kappa shape index (κ3) is 2.71. The number of aliphatic hydroxyl groups excluding tert-OH is 1. The van der Waals surface area contributed by atoms with Gasteiger partial charge < -0.3 is 5.11 Å². The second kappa shape index (κ2) is 5.82. The van der Waals surface area contributed by atoms with Crippen molar-refractivity contribution < 1.29 is 5.11 Å². The second-order valence-corrected chi connectivity index (χ2v) is 5.79. The summed E-state index contributed by atoms with van der Waals surface area (Å²) in [6, 6.07) is 10.6. The van der Waals surface area contributed by atoms with Crippen molar-refractivity contribution in [2.24, 2.45) is 0 Å². The fraction of sp³-hybridized carbons (Fsp3) is 0.400. The third-order valence-corrected chi connectivity index (χ3v) is 4.62. The van der Waals surface area contributed by atoms with Gasteiger partial charge in [0.05, 0.1) is 18.5 Å². The highest BCUT2D eigenvalue weighted by molar-refractivity contribution is 7.10. The molecular weight excluding hydrogens is 256 g/mol. The molecule has 4 heteroatoms. The quantitative estimate of drug-likeness (QED) is 0.933. The summed E-state index contributed by atoms with van der Waals surface area (Å²) in [6.45, 7) is 1.10. The van der Waals surface area contributed by atoms with Crippen LogP contribution in [0.15, 0.2) is 35.7 Å². The maximum Gasteiger partial charge on any atom is 0.111 e. The van der Waals surface area contributed by atoms with Crippen LogP contribution in [0.3, 0.4) is 0 Å². The first-order valence-corrected chi connectivity index (χ1v) is 7.62. The molecular formula is C15H18N2OS. The summed E-state index contributed by atoms with van der Waals surface area (Å²) in [5, 5.41) is 12.7. The largest absolute Gasteiger partial charge is 0.381 e. The van der Waals surface area contributed by atoms with Crippen LogP contribution in [0.2, 0.25) is 0 Å². The monoisotopic (exact) mass is 274 g/mol. The van der Waals surface area contributed by atoms with Gasteiger partial charge in [-0.25, -0.2) is 4.98 Å². The van der Waals surface area contributed by atoms with Gasteiger partial charge in [-0.2, -0.15) is 0 Å². The molecule has 0 amide bonds. The number of hydrogen-bond acceptors (Lipinski definition) is 4. The number of nitrogens with zero attached hydrogens (tertiary/aromatic N) is 2. The van der Waals surface area contributed by atoms with Gasteiger partial charge >= 0.3 is 0 Å².